The Morgan fingerprint density at radius 3 is 2.91 bits per heavy atom. The van der Waals surface area contributed by atoms with Crippen LogP contribution in [-0.4, -0.2) is 43.5 Å². The van der Waals surface area contributed by atoms with E-state index < -0.39 is 0 Å². The van der Waals surface area contributed by atoms with Crippen molar-refractivity contribution in [3.05, 3.63) is 23.9 Å². The third-order valence-corrected chi connectivity index (χ3v) is 4.43. The topological polar surface area (TPSA) is 58.4 Å². The fourth-order valence-electron chi connectivity index (χ4n) is 3.09. The molecule has 1 aromatic heterocycles. The summed E-state index contributed by atoms with van der Waals surface area (Å²) >= 11 is 0. The number of ether oxygens (including phenoxy) is 2. The second-order valence-electron chi connectivity index (χ2n) is 6.02. The van der Waals surface area contributed by atoms with Crippen LogP contribution in [0, 0.1) is 11.3 Å². The summed E-state index contributed by atoms with van der Waals surface area (Å²) in [5.74, 6) is 0.896. The van der Waals surface area contributed by atoms with Gasteiger partial charge in [0.25, 0.3) is 0 Å². The highest BCUT2D eigenvalue weighted by molar-refractivity contribution is 5.45. The summed E-state index contributed by atoms with van der Waals surface area (Å²) in [5, 5.41) is 8.97. The maximum absolute atomic E-state index is 8.97. The number of nitrogens with zero attached hydrogens (tertiary/aromatic N) is 3. The highest BCUT2D eigenvalue weighted by Crippen LogP contribution is 2.21. The van der Waals surface area contributed by atoms with Crippen LogP contribution in [0.2, 0.25) is 0 Å². The van der Waals surface area contributed by atoms with Gasteiger partial charge in [-0.2, -0.15) is 5.26 Å². The van der Waals surface area contributed by atoms with Crippen molar-refractivity contribution in [1.29, 1.82) is 5.26 Å². The molecule has 5 nitrogen and oxygen atoms in total. The van der Waals surface area contributed by atoms with E-state index in [1.54, 1.807) is 12.3 Å². The highest BCUT2D eigenvalue weighted by atomic mass is 16.5. The lowest BCUT2D eigenvalue weighted by molar-refractivity contribution is -0.0672. The number of anilines is 1. The zero-order valence-corrected chi connectivity index (χ0v) is 12.9. The maximum atomic E-state index is 8.97. The number of nitriles is 1. The van der Waals surface area contributed by atoms with Crippen LogP contribution in [-0.2, 0) is 9.47 Å². The molecule has 0 aromatic carbocycles. The van der Waals surface area contributed by atoms with Gasteiger partial charge in [-0.05, 0) is 44.2 Å². The van der Waals surface area contributed by atoms with E-state index in [0.29, 0.717) is 17.8 Å². The van der Waals surface area contributed by atoms with Gasteiger partial charge in [-0.15, -0.1) is 0 Å². The van der Waals surface area contributed by atoms with Gasteiger partial charge in [-0.25, -0.2) is 4.98 Å². The average molecular weight is 301 g/mol. The van der Waals surface area contributed by atoms with Crippen molar-refractivity contribution in [3.63, 3.8) is 0 Å². The minimum absolute atomic E-state index is 0.292. The van der Waals surface area contributed by atoms with Gasteiger partial charge in [-0.1, -0.05) is 0 Å². The van der Waals surface area contributed by atoms with Crippen LogP contribution in [0.15, 0.2) is 18.3 Å². The molecule has 3 heterocycles. The molecule has 2 aliphatic heterocycles. The van der Waals surface area contributed by atoms with E-state index in [1.807, 2.05) is 6.07 Å². The van der Waals surface area contributed by atoms with Gasteiger partial charge >= 0.3 is 0 Å². The van der Waals surface area contributed by atoms with E-state index in [9.17, 15) is 0 Å². The highest BCUT2D eigenvalue weighted by Gasteiger charge is 2.22. The molecule has 5 heteroatoms. The number of aromatic nitrogens is 1. The lowest BCUT2D eigenvalue weighted by atomic mass is 10.1. The molecule has 0 saturated carbocycles. The van der Waals surface area contributed by atoms with E-state index in [1.165, 1.54) is 12.8 Å². The summed E-state index contributed by atoms with van der Waals surface area (Å²) in [6, 6.07) is 5.76. The third kappa shape index (κ3) is 3.96. The SMILES string of the molecule is N#Cc1ccnc(N2CCC(OCC3CCCCO3)CC2)c1. The van der Waals surface area contributed by atoms with E-state index >= 15 is 0 Å². The molecule has 1 aromatic rings. The smallest absolute Gasteiger partial charge is 0.129 e. The standard InChI is InChI=1S/C17H23N3O2/c18-12-14-4-7-19-17(11-14)20-8-5-15(6-9-20)22-13-16-3-1-2-10-21-16/h4,7,11,15-16H,1-3,5-6,8-10,13H2. The lowest BCUT2D eigenvalue weighted by Gasteiger charge is -2.33. The summed E-state index contributed by atoms with van der Waals surface area (Å²) in [6.07, 6.45) is 7.90. The van der Waals surface area contributed by atoms with Gasteiger partial charge in [0.1, 0.15) is 5.82 Å². The van der Waals surface area contributed by atoms with E-state index in [4.69, 9.17) is 14.7 Å². The molecule has 22 heavy (non-hydrogen) atoms. The summed E-state index contributed by atoms with van der Waals surface area (Å²) in [7, 11) is 0. The van der Waals surface area contributed by atoms with Crippen molar-refractivity contribution < 1.29 is 9.47 Å². The largest absolute Gasteiger partial charge is 0.376 e. The molecule has 0 amide bonds. The molecule has 2 fully saturated rings. The summed E-state index contributed by atoms with van der Waals surface area (Å²) in [6.45, 7) is 3.47. The Hall–Kier alpha value is -1.64. The molecular weight excluding hydrogens is 278 g/mol. The molecule has 1 atom stereocenters. The molecule has 0 spiro atoms. The Balaban J connectivity index is 1.44. The fourth-order valence-corrected chi connectivity index (χ4v) is 3.09. The second-order valence-corrected chi connectivity index (χ2v) is 6.02. The average Bonchev–Trinajstić information content (AvgIpc) is 2.61. The Bertz CT molecular complexity index is 515. The molecule has 2 aliphatic rings. The Labute approximate surface area is 131 Å². The third-order valence-electron chi connectivity index (χ3n) is 4.43. The van der Waals surface area contributed by atoms with E-state index in [0.717, 1.165) is 51.4 Å². The van der Waals surface area contributed by atoms with Gasteiger partial charge in [0.2, 0.25) is 0 Å². The Kier molecular flexibility index (Phi) is 5.25. The molecule has 0 N–H and O–H groups in total. The number of hydrogen-bond donors (Lipinski definition) is 0. The molecule has 0 bridgehead atoms. The van der Waals surface area contributed by atoms with Gasteiger partial charge in [0.15, 0.2) is 0 Å². The van der Waals surface area contributed by atoms with Crippen molar-refractivity contribution in [3.8, 4) is 6.07 Å². The second kappa shape index (κ2) is 7.57. The Morgan fingerprint density at radius 2 is 2.18 bits per heavy atom. The summed E-state index contributed by atoms with van der Waals surface area (Å²) < 4.78 is 11.7. The minimum atomic E-state index is 0.292. The predicted molar refractivity (Wildman–Crippen MR) is 83.7 cm³/mol. The van der Waals surface area contributed by atoms with Gasteiger partial charge in [-0.3, -0.25) is 0 Å². The quantitative estimate of drug-likeness (QED) is 0.855. The predicted octanol–water partition coefficient (Wildman–Crippen LogP) is 2.51. The van der Waals surface area contributed by atoms with Crippen LogP contribution >= 0.6 is 0 Å². The van der Waals surface area contributed by atoms with Crippen molar-refractivity contribution in [2.75, 3.05) is 31.2 Å². The number of piperidine rings is 1. The van der Waals surface area contributed by atoms with Crippen molar-refractivity contribution in [2.45, 2.75) is 44.3 Å². The van der Waals surface area contributed by atoms with Crippen LogP contribution < -0.4 is 4.90 Å². The van der Waals surface area contributed by atoms with E-state index in [-0.39, 0.29) is 0 Å². The van der Waals surface area contributed by atoms with Crippen LogP contribution in [0.3, 0.4) is 0 Å². The molecular formula is C17H23N3O2. The van der Waals surface area contributed by atoms with Gasteiger partial charge < -0.3 is 14.4 Å². The molecule has 3 rings (SSSR count). The monoisotopic (exact) mass is 301 g/mol. The van der Waals surface area contributed by atoms with Crippen LogP contribution in [0.5, 0.6) is 0 Å². The Morgan fingerprint density at radius 1 is 1.32 bits per heavy atom. The van der Waals surface area contributed by atoms with Crippen LogP contribution in [0.4, 0.5) is 5.82 Å². The lowest BCUT2D eigenvalue weighted by Crippen LogP contribution is -2.38. The normalized spacial score (nSPS) is 23.2. The van der Waals surface area contributed by atoms with Crippen LogP contribution in [0.25, 0.3) is 0 Å². The summed E-state index contributed by atoms with van der Waals surface area (Å²) in [4.78, 5) is 6.60. The van der Waals surface area contributed by atoms with Crippen LogP contribution in [0.1, 0.15) is 37.7 Å². The first-order chi connectivity index (χ1) is 10.8. The van der Waals surface area contributed by atoms with Crippen molar-refractivity contribution >= 4 is 5.82 Å². The number of rotatable bonds is 4. The molecule has 1 unspecified atom stereocenters. The summed E-state index contributed by atoms with van der Waals surface area (Å²) in [5.41, 5.74) is 0.665. The van der Waals surface area contributed by atoms with Gasteiger partial charge in [0.05, 0.1) is 30.4 Å². The number of hydrogen-bond acceptors (Lipinski definition) is 5. The van der Waals surface area contributed by atoms with Crippen molar-refractivity contribution in [2.24, 2.45) is 0 Å². The fraction of sp³-hybridized carbons (Fsp3) is 0.647. The zero-order valence-electron chi connectivity index (χ0n) is 12.9. The molecule has 0 radical (unpaired) electrons. The van der Waals surface area contributed by atoms with E-state index in [2.05, 4.69) is 16.0 Å². The van der Waals surface area contributed by atoms with Crippen molar-refractivity contribution in [1.82, 2.24) is 4.98 Å². The minimum Gasteiger partial charge on any atom is -0.376 e. The number of pyridine rings is 1. The molecule has 2 saturated heterocycles. The first-order valence-electron chi connectivity index (χ1n) is 8.19. The molecule has 118 valence electrons. The first kappa shape index (κ1) is 15.3. The van der Waals surface area contributed by atoms with Gasteiger partial charge in [0, 0.05) is 25.9 Å². The first-order valence-corrected chi connectivity index (χ1v) is 8.19. The maximum Gasteiger partial charge on any atom is 0.129 e. The zero-order chi connectivity index (χ0) is 15.2. The molecule has 0 aliphatic carbocycles.